The molecule has 112 valence electrons. The Labute approximate surface area is 122 Å². The molecular weight excluding hydrogens is 252 g/mol. The van der Waals surface area contributed by atoms with Crippen molar-refractivity contribution >= 4 is 0 Å². The van der Waals surface area contributed by atoms with Crippen molar-refractivity contribution in [1.82, 2.24) is 10.2 Å². The molecule has 4 heteroatoms. The van der Waals surface area contributed by atoms with E-state index < -0.39 is 0 Å². The summed E-state index contributed by atoms with van der Waals surface area (Å²) in [4.78, 5) is 2.55. The molecule has 1 aromatic rings. The predicted octanol–water partition coefficient (Wildman–Crippen LogP) is 2.15. The van der Waals surface area contributed by atoms with E-state index in [1.54, 1.807) is 7.11 Å². The molecule has 1 aliphatic rings. The smallest absolute Gasteiger partial charge is 0.161 e. The van der Waals surface area contributed by atoms with Crippen molar-refractivity contribution in [1.29, 1.82) is 0 Å². The van der Waals surface area contributed by atoms with Crippen LogP contribution in [0, 0.1) is 0 Å². The van der Waals surface area contributed by atoms with E-state index in [4.69, 9.17) is 9.47 Å². The highest BCUT2D eigenvalue weighted by Crippen LogP contribution is 2.25. The molecule has 4 nitrogen and oxygen atoms in total. The molecule has 20 heavy (non-hydrogen) atoms. The Hall–Kier alpha value is -1.26. The van der Waals surface area contributed by atoms with E-state index in [9.17, 15) is 0 Å². The van der Waals surface area contributed by atoms with Crippen LogP contribution in [0.4, 0.5) is 0 Å². The molecule has 1 atom stereocenters. The van der Waals surface area contributed by atoms with Gasteiger partial charge in [-0.3, -0.25) is 4.90 Å². The van der Waals surface area contributed by atoms with E-state index in [0.717, 1.165) is 24.6 Å². The summed E-state index contributed by atoms with van der Waals surface area (Å²) in [6.07, 6.45) is 2.70. The molecular formula is C16H26N2O2. The number of hydrogen-bond donors (Lipinski definition) is 1. The summed E-state index contributed by atoms with van der Waals surface area (Å²) >= 11 is 0. The minimum atomic E-state index is 0.615. The molecule has 1 N–H and O–H groups in total. The molecule has 2 rings (SSSR count). The van der Waals surface area contributed by atoms with Crippen LogP contribution in [0.1, 0.15) is 19.8 Å². The number of hydrogen-bond acceptors (Lipinski definition) is 4. The quantitative estimate of drug-likeness (QED) is 0.739. The zero-order chi connectivity index (χ0) is 14.2. The largest absolute Gasteiger partial charge is 0.493 e. The third-order valence-corrected chi connectivity index (χ3v) is 3.81. The molecule has 1 unspecified atom stereocenters. The Kier molecular flexibility index (Phi) is 6.15. The summed E-state index contributed by atoms with van der Waals surface area (Å²) in [6.45, 7) is 7.33. The van der Waals surface area contributed by atoms with Gasteiger partial charge in [0.15, 0.2) is 11.5 Å². The van der Waals surface area contributed by atoms with Crippen molar-refractivity contribution in [2.75, 3.05) is 39.9 Å². The molecule has 1 fully saturated rings. The van der Waals surface area contributed by atoms with Gasteiger partial charge in [0, 0.05) is 19.1 Å². The lowest BCUT2D eigenvalue weighted by molar-refractivity contribution is 0.242. The maximum atomic E-state index is 5.73. The summed E-state index contributed by atoms with van der Waals surface area (Å²) in [7, 11) is 1.66. The van der Waals surface area contributed by atoms with Crippen LogP contribution in [0.5, 0.6) is 11.5 Å². The van der Waals surface area contributed by atoms with Gasteiger partial charge in [-0.05, 0) is 45.0 Å². The predicted molar refractivity (Wildman–Crippen MR) is 81.6 cm³/mol. The van der Waals surface area contributed by atoms with Crippen molar-refractivity contribution in [3.05, 3.63) is 24.3 Å². The number of benzene rings is 1. The lowest BCUT2D eigenvalue weighted by atomic mass is 10.3. The molecule has 0 radical (unpaired) electrons. The molecule has 1 aromatic carbocycles. The molecule has 0 amide bonds. The lowest BCUT2D eigenvalue weighted by Gasteiger charge is -2.23. The normalized spacial score (nSPS) is 17.1. The number of methoxy groups -OCH3 is 1. The second-order valence-electron chi connectivity index (χ2n) is 5.30. The number of nitrogens with one attached hydrogen (secondary N) is 1. The van der Waals surface area contributed by atoms with Crippen molar-refractivity contribution < 1.29 is 9.47 Å². The zero-order valence-electron chi connectivity index (χ0n) is 12.6. The fourth-order valence-electron chi connectivity index (χ4n) is 2.59. The Bertz CT molecular complexity index is 392. The Morgan fingerprint density at radius 1 is 1.20 bits per heavy atom. The van der Waals surface area contributed by atoms with Crippen LogP contribution in [0.25, 0.3) is 0 Å². The number of para-hydroxylation sites is 2. The number of nitrogens with zero attached hydrogens (tertiary/aromatic N) is 1. The van der Waals surface area contributed by atoms with Gasteiger partial charge < -0.3 is 14.8 Å². The van der Waals surface area contributed by atoms with Gasteiger partial charge in [0.2, 0.25) is 0 Å². The second-order valence-corrected chi connectivity index (χ2v) is 5.30. The van der Waals surface area contributed by atoms with Crippen LogP contribution < -0.4 is 14.8 Å². The van der Waals surface area contributed by atoms with E-state index in [0.29, 0.717) is 12.6 Å². The van der Waals surface area contributed by atoms with Crippen LogP contribution in [0.15, 0.2) is 24.3 Å². The van der Waals surface area contributed by atoms with Gasteiger partial charge >= 0.3 is 0 Å². The first-order chi connectivity index (χ1) is 9.81. The average molecular weight is 278 g/mol. The molecule has 0 bridgehead atoms. The van der Waals surface area contributed by atoms with Crippen LogP contribution in [-0.4, -0.2) is 50.8 Å². The molecule has 0 aromatic heterocycles. The third kappa shape index (κ3) is 4.39. The standard InChI is InChI=1S/C16H26N2O2/c1-14(18-10-5-6-11-18)13-17-9-12-20-16-8-4-3-7-15(16)19-2/h3-4,7-8,14,17H,5-6,9-13H2,1-2H3. The topological polar surface area (TPSA) is 33.7 Å². The van der Waals surface area contributed by atoms with Gasteiger partial charge in [0.25, 0.3) is 0 Å². The molecule has 0 aliphatic carbocycles. The SMILES string of the molecule is COc1ccccc1OCCNCC(C)N1CCCC1. The van der Waals surface area contributed by atoms with E-state index in [-0.39, 0.29) is 0 Å². The Morgan fingerprint density at radius 2 is 1.90 bits per heavy atom. The van der Waals surface area contributed by atoms with Gasteiger partial charge in [-0.15, -0.1) is 0 Å². The van der Waals surface area contributed by atoms with Gasteiger partial charge in [-0.25, -0.2) is 0 Å². The summed E-state index contributed by atoms with van der Waals surface area (Å²) in [5, 5.41) is 3.46. The maximum Gasteiger partial charge on any atom is 0.161 e. The van der Waals surface area contributed by atoms with Gasteiger partial charge in [0.1, 0.15) is 6.61 Å². The zero-order valence-corrected chi connectivity index (χ0v) is 12.6. The van der Waals surface area contributed by atoms with Crippen LogP contribution in [-0.2, 0) is 0 Å². The monoisotopic (exact) mass is 278 g/mol. The van der Waals surface area contributed by atoms with Crippen molar-refractivity contribution in [3.63, 3.8) is 0 Å². The van der Waals surface area contributed by atoms with Gasteiger partial charge in [-0.2, -0.15) is 0 Å². The van der Waals surface area contributed by atoms with Crippen LogP contribution >= 0.6 is 0 Å². The summed E-state index contributed by atoms with van der Waals surface area (Å²) in [5.74, 6) is 1.60. The van der Waals surface area contributed by atoms with Gasteiger partial charge in [0.05, 0.1) is 7.11 Å². The van der Waals surface area contributed by atoms with Crippen molar-refractivity contribution in [3.8, 4) is 11.5 Å². The lowest BCUT2D eigenvalue weighted by Crippen LogP contribution is -2.39. The van der Waals surface area contributed by atoms with E-state index in [2.05, 4.69) is 17.1 Å². The second kappa shape index (κ2) is 8.12. The van der Waals surface area contributed by atoms with Crippen LogP contribution in [0.3, 0.4) is 0 Å². The molecule has 1 heterocycles. The van der Waals surface area contributed by atoms with E-state index >= 15 is 0 Å². The van der Waals surface area contributed by atoms with Crippen LogP contribution in [0.2, 0.25) is 0 Å². The third-order valence-electron chi connectivity index (χ3n) is 3.81. The highest BCUT2D eigenvalue weighted by Gasteiger charge is 2.17. The first kappa shape index (κ1) is 15.1. The van der Waals surface area contributed by atoms with Crippen molar-refractivity contribution in [2.24, 2.45) is 0 Å². The molecule has 0 spiro atoms. The minimum absolute atomic E-state index is 0.615. The van der Waals surface area contributed by atoms with E-state index in [1.165, 1.54) is 25.9 Å². The highest BCUT2D eigenvalue weighted by molar-refractivity contribution is 5.39. The number of likely N-dealkylation sites (tertiary alicyclic amines) is 1. The fourth-order valence-corrected chi connectivity index (χ4v) is 2.59. The summed E-state index contributed by atoms with van der Waals surface area (Å²) < 4.78 is 11.0. The Morgan fingerprint density at radius 3 is 2.60 bits per heavy atom. The van der Waals surface area contributed by atoms with E-state index in [1.807, 2.05) is 24.3 Å². The first-order valence-electron chi connectivity index (χ1n) is 7.52. The Balaban J connectivity index is 1.61. The number of ether oxygens (including phenoxy) is 2. The highest BCUT2D eigenvalue weighted by atomic mass is 16.5. The summed E-state index contributed by atoms with van der Waals surface area (Å²) in [6, 6.07) is 8.37. The minimum Gasteiger partial charge on any atom is -0.493 e. The first-order valence-corrected chi connectivity index (χ1v) is 7.52. The fraction of sp³-hybridized carbons (Fsp3) is 0.625. The van der Waals surface area contributed by atoms with Gasteiger partial charge in [-0.1, -0.05) is 12.1 Å². The summed E-state index contributed by atoms with van der Waals surface area (Å²) in [5.41, 5.74) is 0. The molecule has 1 saturated heterocycles. The maximum absolute atomic E-state index is 5.73. The average Bonchev–Trinajstić information content (AvgIpc) is 3.01. The molecule has 1 aliphatic heterocycles. The number of rotatable bonds is 8. The van der Waals surface area contributed by atoms with Crippen molar-refractivity contribution in [2.45, 2.75) is 25.8 Å². The molecule has 0 saturated carbocycles.